The van der Waals surface area contributed by atoms with Gasteiger partial charge in [-0.25, -0.2) is 17.2 Å². The Balaban J connectivity index is 2.11. The highest BCUT2D eigenvalue weighted by Crippen LogP contribution is 2.20. The summed E-state index contributed by atoms with van der Waals surface area (Å²) in [5.74, 6) is -1.92. The molecule has 0 aliphatic carbocycles. The quantitative estimate of drug-likeness (QED) is 0.794. The van der Waals surface area contributed by atoms with Crippen molar-refractivity contribution in [2.45, 2.75) is 11.3 Å². The van der Waals surface area contributed by atoms with Gasteiger partial charge in [0.2, 0.25) is 15.9 Å². The van der Waals surface area contributed by atoms with Gasteiger partial charge < -0.3 is 4.90 Å². The number of amides is 1. The molecule has 24 heavy (non-hydrogen) atoms. The Labute approximate surface area is 140 Å². The van der Waals surface area contributed by atoms with Crippen molar-refractivity contribution in [3.05, 3.63) is 29.8 Å². The molecule has 1 fully saturated rings. The van der Waals surface area contributed by atoms with Gasteiger partial charge in [-0.2, -0.15) is 4.31 Å². The van der Waals surface area contributed by atoms with Crippen molar-refractivity contribution in [3.8, 4) is 0 Å². The number of benzene rings is 1. The Morgan fingerprint density at radius 3 is 2.29 bits per heavy atom. The SMILES string of the molecule is CN(C)C(=O)CN1CCCN(S(=O)(=O)c2cc(F)cc(F)c2)CC1. The zero-order chi connectivity index (χ0) is 17.9. The number of halogens is 2. The molecule has 0 radical (unpaired) electrons. The van der Waals surface area contributed by atoms with Crippen molar-refractivity contribution in [1.29, 1.82) is 0 Å². The molecule has 0 N–H and O–H groups in total. The summed E-state index contributed by atoms with van der Waals surface area (Å²) in [5.41, 5.74) is 0. The minimum atomic E-state index is -3.97. The molecule has 6 nitrogen and oxygen atoms in total. The summed E-state index contributed by atoms with van der Waals surface area (Å²) >= 11 is 0. The maximum atomic E-state index is 13.3. The third-order valence-corrected chi connectivity index (χ3v) is 5.76. The lowest BCUT2D eigenvalue weighted by Crippen LogP contribution is -2.39. The normalized spacial score (nSPS) is 17.5. The third kappa shape index (κ3) is 4.49. The fraction of sp³-hybridized carbons (Fsp3) is 0.533. The van der Waals surface area contributed by atoms with Gasteiger partial charge in [-0.3, -0.25) is 9.69 Å². The van der Waals surface area contributed by atoms with Crippen molar-refractivity contribution >= 4 is 15.9 Å². The van der Waals surface area contributed by atoms with E-state index in [9.17, 15) is 22.0 Å². The Morgan fingerprint density at radius 1 is 1.08 bits per heavy atom. The van der Waals surface area contributed by atoms with Crippen LogP contribution in [0.1, 0.15) is 6.42 Å². The van der Waals surface area contributed by atoms with Crippen LogP contribution in [0.3, 0.4) is 0 Å². The van der Waals surface area contributed by atoms with Crippen molar-refractivity contribution in [2.24, 2.45) is 0 Å². The van der Waals surface area contributed by atoms with Crippen LogP contribution in [0, 0.1) is 11.6 Å². The zero-order valence-electron chi connectivity index (χ0n) is 13.7. The van der Waals surface area contributed by atoms with Gasteiger partial charge in [-0.1, -0.05) is 0 Å². The van der Waals surface area contributed by atoms with Gasteiger partial charge >= 0.3 is 0 Å². The summed E-state index contributed by atoms with van der Waals surface area (Å²) < 4.78 is 53.0. The van der Waals surface area contributed by atoms with E-state index < -0.39 is 26.6 Å². The van der Waals surface area contributed by atoms with Gasteiger partial charge in [0.25, 0.3) is 0 Å². The smallest absolute Gasteiger partial charge is 0.243 e. The lowest BCUT2D eigenvalue weighted by Gasteiger charge is -2.22. The first-order valence-electron chi connectivity index (χ1n) is 7.59. The van der Waals surface area contributed by atoms with Gasteiger partial charge in [0.15, 0.2) is 0 Å². The second-order valence-electron chi connectivity index (χ2n) is 5.93. The minimum Gasteiger partial charge on any atom is -0.348 e. The molecular formula is C15H21F2N3O3S. The van der Waals surface area contributed by atoms with E-state index >= 15 is 0 Å². The fourth-order valence-electron chi connectivity index (χ4n) is 2.50. The topological polar surface area (TPSA) is 60.9 Å². The van der Waals surface area contributed by atoms with E-state index in [1.54, 1.807) is 14.1 Å². The average Bonchev–Trinajstić information content (AvgIpc) is 2.72. The largest absolute Gasteiger partial charge is 0.348 e. The van der Waals surface area contributed by atoms with Crippen molar-refractivity contribution in [1.82, 2.24) is 14.1 Å². The molecule has 1 heterocycles. The van der Waals surface area contributed by atoms with Crippen LogP contribution >= 0.6 is 0 Å². The predicted octanol–water partition coefficient (Wildman–Crippen LogP) is 0.749. The van der Waals surface area contributed by atoms with Gasteiger partial charge in [0, 0.05) is 39.8 Å². The van der Waals surface area contributed by atoms with Crippen LogP contribution in [-0.2, 0) is 14.8 Å². The first-order valence-corrected chi connectivity index (χ1v) is 9.03. The summed E-state index contributed by atoms with van der Waals surface area (Å²) in [6.07, 6.45) is 0.539. The lowest BCUT2D eigenvalue weighted by molar-refractivity contribution is -0.129. The molecule has 9 heteroatoms. The summed E-state index contributed by atoms with van der Waals surface area (Å²) in [6.45, 7) is 1.60. The molecular weight excluding hydrogens is 340 g/mol. The van der Waals surface area contributed by atoms with Crippen LogP contribution in [0.5, 0.6) is 0 Å². The Bertz CT molecular complexity index is 690. The molecule has 2 rings (SSSR count). The number of rotatable bonds is 4. The Hall–Kier alpha value is -1.58. The monoisotopic (exact) mass is 361 g/mol. The molecule has 0 atom stereocenters. The van der Waals surface area contributed by atoms with E-state index in [0.29, 0.717) is 25.6 Å². The zero-order valence-corrected chi connectivity index (χ0v) is 14.5. The molecule has 1 aliphatic rings. The molecule has 1 amide bonds. The average molecular weight is 361 g/mol. The number of hydrogen-bond donors (Lipinski definition) is 0. The van der Waals surface area contributed by atoms with Crippen LogP contribution < -0.4 is 0 Å². The van der Waals surface area contributed by atoms with E-state index in [0.717, 1.165) is 12.1 Å². The van der Waals surface area contributed by atoms with Crippen LogP contribution in [0.4, 0.5) is 8.78 Å². The second-order valence-corrected chi connectivity index (χ2v) is 7.87. The van der Waals surface area contributed by atoms with Crippen LogP contribution in [-0.4, -0.2) is 75.2 Å². The summed E-state index contributed by atoms with van der Waals surface area (Å²) in [6, 6.07) is 2.27. The molecule has 0 saturated carbocycles. The van der Waals surface area contributed by atoms with E-state index in [1.807, 2.05) is 4.90 Å². The molecule has 1 aliphatic heterocycles. The van der Waals surface area contributed by atoms with Gasteiger partial charge in [0.05, 0.1) is 11.4 Å². The highest BCUT2D eigenvalue weighted by atomic mass is 32.2. The van der Waals surface area contributed by atoms with Crippen molar-refractivity contribution < 1.29 is 22.0 Å². The number of hydrogen-bond acceptors (Lipinski definition) is 4. The Kier molecular flexibility index (Phi) is 5.89. The van der Waals surface area contributed by atoms with Crippen molar-refractivity contribution in [3.63, 3.8) is 0 Å². The predicted molar refractivity (Wildman–Crippen MR) is 84.9 cm³/mol. The molecule has 1 aromatic carbocycles. The standard InChI is InChI=1S/C15H21F2N3O3S/c1-18(2)15(21)11-19-4-3-5-20(7-6-19)24(22,23)14-9-12(16)8-13(17)10-14/h8-10H,3-7,11H2,1-2H3. The van der Waals surface area contributed by atoms with Gasteiger partial charge in [-0.15, -0.1) is 0 Å². The fourth-order valence-corrected chi connectivity index (χ4v) is 4.02. The van der Waals surface area contributed by atoms with E-state index in [1.165, 1.54) is 9.21 Å². The van der Waals surface area contributed by atoms with Crippen LogP contribution in [0.2, 0.25) is 0 Å². The number of likely N-dealkylation sites (N-methyl/N-ethyl adjacent to an activating group) is 1. The number of carbonyl (C=O) groups excluding carboxylic acids is 1. The molecule has 0 unspecified atom stereocenters. The van der Waals surface area contributed by atoms with E-state index in [-0.39, 0.29) is 25.5 Å². The van der Waals surface area contributed by atoms with Crippen LogP contribution in [0.15, 0.2) is 23.1 Å². The number of sulfonamides is 1. The van der Waals surface area contributed by atoms with Gasteiger partial charge in [0.1, 0.15) is 11.6 Å². The summed E-state index contributed by atoms with van der Waals surface area (Å²) in [5, 5.41) is 0. The van der Waals surface area contributed by atoms with E-state index in [4.69, 9.17) is 0 Å². The molecule has 0 aromatic heterocycles. The number of nitrogens with zero attached hydrogens (tertiary/aromatic N) is 3. The molecule has 1 saturated heterocycles. The summed E-state index contributed by atoms with van der Waals surface area (Å²) in [7, 11) is -0.643. The molecule has 134 valence electrons. The van der Waals surface area contributed by atoms with Gasteiger partial charge in [-0.05, 0) is 25.1 Å². The van der Waals surface area contributed by atoms with Crippen molar-refractivity contribution in [2.75, 3.05) is 46.8 Å². The Morgan fingerprint density at radius 2 is 1.71 bits per heavy atom. The lowest BCUT2D eigenvalue weighted by atomic mass is 10.3. The third-order valence-electron chi connectivity index (χ3n) is 3.88. The summed E-state index contributed by atoms with van der Waals surface area (Å²) in [4.78, 5) is 14.7. The maximum Gasteiger partial charge on any atom is 0.243 e. The highest BCUT2D eigenvalue weighted by Gasteiger charge is 2.28. The minimum absolute atomic E-state index is 0.0569. The molecule has 0 bridgehead atoms. The number of carbonyl (C=O) groups is 1. The first-order chi connectivity index (χ1) is 11.2. The molecule has 1 aromatic rings. The second kappa shape index (κ2) is 7.54. The molecule has 0 spiro atoms. The highest BCUT2D eigenvalue weighted by molar-refractivity contribution is 7.89. The first kappa shape index (κ1) is 18.8. The van der Waals surface area contributed by atoms with Crippen LogP contribution in [0.25, 0.3) is 0 Å². The maximum absolute atomic E-state index is 13.3. The van der Waals surface area contributed by atoms with E-state index in [2.05, 4.69) is 0 Å².